The Bertz CT molecular complexity index is 888. The molecule has 5 atom stereocenters. The molecule has 0 aliphatic carbocycles. The number of hydrogen-bond acceptors (Lipinski definition) is 8. The van der Waals surface area contributed by atoms with Crippen molar-refractivity contribution in [2.24, 2.45) is 28.1 Å². The zero-order valence-electron chi connectivity index (χ0n) is 20.4. The molecule has 0 aromatic carbocycles. The Morgan fingerprint density at radius 2 is 1.78 bits per heavy atom. The molecule has 12 N–H and O–H groups in total. The fraction of sp³-hybridized carbons (Fsp3) is 0.619. The molecule has 15 nitrogen and oxygen atoms in total. The summed E-state index contributed by atoms with van der Waals surface area (Å²) in [5, 5.41) is 26.4. The summed E-state index contributed by atoms with van der Waals surface area (Å²) in [6.45, 7) is 2.94. The van der Waals surface area contributed by atoms with E-state index in [2.05, 4.69) is 30.9 Å². The van der Waals surface area contributed by atoms with E-state index < -0.39 is 54.5 Å². The summed E-state index contributed by atoms with van der Waals surface area (Å²) >= 11 is 0. The molecule has 0 aliphatic rings. The van der Waals surface area contributed by atoms with Gasteiger partial charge in [-0.2, -0.15) is 0 Å². The second-order valence-corrected chi connectivity index (χ2v) is 8.35. The number of carbonyl (C=O) groups is 4. The standard InChI is InChI=1S/C21H37N9O6/c1-3-11(2)16(19(34)28-14(20(35)36)5-4-6-26-21(23)24)30-18(33)15(9-31)29-17(32)13(22)7-12-8-25-10-27-12/h8,10-11,13-16,31H,3-7,9,22H2,1-2H3,(H,25,27)(H,28,34)(H,29,32)(H,30,33)(H,35,36)(H4,23,24,26). The van der Waals surface area contributed by atoms with Crippen LogP contribution in [-0.2, 0) is 25.6 Å². The molecule has 202 valence electrons. The number of carboxylic acids is 1. The fourth-order valence-corrected chi connectivity index (χ4v) is 3.18. The van der Waals surface area contributed by atoms with E-state index in [1.807, 2.05) is 0 Å². The van der Waals surface area contributed by atoms with Crippen molar-refractivity contribution in [3.05, 3.63) is 18.2 Å². The van der Waals surface area contributed by atoms with E-state index >= 15 is 0 Å². The van der Waals surface area contributed by atoms with Gasteiger partial charge in [-0.15, -0.1) is 0 Å². The molecule has 3 amide bonds. The van der Waals surface area contributed by atoms with Crippen LogP contribution in [-0.4, -0.2) is 87.2 Å². The lowest BCUT2D eigenvalue weighted by Crippen LogP contribution is -2.59. The van der Waals surface area contributed by atoms with Crippen molar-refractivity contribution in [1.29, 1.82) is 0 Å². The van der Waals surface area contributed by atoms with E-state index in [0.717, 1.165) is 0 Å². The van der Waals surface area contributed by atoms with E-state index in [-0.39, 0.29) is 31.3 Å². The molecule has 1 rings (SSSR count). The van der Waals surface area contributed by atoms with Gasteiger partial charge in [0.1, 0.15) is 18.1 Å². The number of guanidine groups is 1. The number of nitrogens with one attached hydrogen (secondary N) is 4. The predicted molar refractivity (Wildman–Crippen MR) is 130 cm³/mol. The Morgan fingerprint density at radius 1 is 1.11 bits per heavy atom. The highest BCUT2D eigenvalue weighted by atomic mass is 16.4. The minimum atomic E-state index is -1.38. The lowest BCUT2D eigenvalue weighted by molar-refractivity contribution is -0.143. The summed E-state index contributed by atoms with van der Waals surface area (Å²) in [5.41, 5.74) is 17.0. The molecule has 0 radical (unpaired) electrons. The summed E-state index contributed by atoms with van der Waals surface area (Å²) in [6, 6.07) is -4.74. The van der Waals surface area contributed by atoms with Crippen LogP contribution >= 0.6 is 0 Å². The van der Waals surface area contributed by atoms with Crippen molar-refractivity contribution in [3.8, 4) is 0 Å². The van der Waals surface area contributed by atoms with Crippen molar-refractivity contribution in [2.45, 2.75) is 63.7 Å². The first-order valence-electron chi connectivity index (χ1n) is 11.5. The SMILES string of the molecule is CCC(C)C(NC(=O)C(CO)NC(=O)C(N)Cc1cnc[nH]1)C(=O)NC(CCCN=C(N)N)C(=O)O. The quantitative estimate of drug-likeness (QED) is 0.0613. The maximum Gasteiger partial charge on any atom is 0.326 e. The average molecular weight is 512 g/mol. The van der Waals surface area contributed by atoms with Gasteiger partial charge in [0.15, 0.2) is 5.96 Å². The monoisotopic (exact) mass is 511 g/mol. The molecule has 36 heavy (non-hydrogen) atoms. The highest BCUT2D eigenvalue weighted by Gasteiger charge is 2.32. The van der Waals surface area contributed by atoms with Gasteiger partial charge in [-0.25, -0.2) is 9.78 Å². The van der Waals surface area contributed by atoms with Crippen LogP contribution in [0, 0.1) is 5.92 Å². The normalized spacial score (nSPS) is 15.0. The van der Waals surface area contributed by atoms with Gasteiger partial charge in [0, 0.05) is 24.9 Å². The maximum atomic E-state index is 12.9. The number of H-pyrrole nitrogens is 1. The number of amides is 3. The van der Waals surface area contributed by atoms with Crippen LogP contribution < -0.4 is 33.2 Å². The number of aliphatic hydroxyl groups excluding tert-OH is 1. The van der Waals surface area contributed by atoms with E-state index in [1.165, 1.54) is 12.5 Å². The molecular weight excluding hydrogens is 474 g/mol. The van der Waals surface area contributed by atoms with Gasteiger partial charge in [-0.3, -0.25) is 19.4 Å². The lowest BCUT2D eigenvalue weighted by Gasteiger charge is -2.27. The predicted octanol–water partition coefficient (Wildman–Crippen LogP) is -3.09. The first-order chi connectivity index (χ1) is 17.0. The Labute approximate surface area is 208 Å². The Morgan fingerprint density at radius 3 is 2.31 bits per heavy atom. The lowest BCUT2D eigenvalue weighted by atomic mass is 9.97. The van der Waals surface area contributed by atoms with Gasteiger partial charge in [0.2, 0.25) is 17.7 Å². The molecule has 0 saturated carbocycles. The van der Waals surface area contributed by atoms with Crippen LogP contribution in [0.3, 0.4) is 0 Å². The number of aromatic amines is 1. The zero-order chi connectivity index (χ0) is 27.3. The molecule has 0 bridgehead atoms. The van der Waals surface area contributed by atoms with Crippen molar-refractivity contribution in [1.82, 2.24) is 25.9 Å². The van der Waals surface area contributed by atoms with Crippen LogP contribution in [0.4, 0.5) is 0 Å². The largest absolute Gasteiger partial charge is 0.480 e. The average Bonchev–Trinajstić information content (AvgIpc) is 3.34. The van der Waals surface area contributed by atoms with E-state index in [1.54, 1.807) is 13.8 Å². The number of hydrogen-bond donors (Lipinski definition) is 9. The molecule has 0 fully saturated rings. The van der Waals surface area contributed by atoms with Crippen LogP contribution in [0.2, 0.25) is 0 Å². The van der Waals surface area contributed by atoms with E-state index in [4.69, 9.17) is 17.2 Å². The minimum Gasteiger partial charge on any atom is -0.480 e. The molecule has 0 spiro atoms. The number of imidazole rings is 1. The summed E-state index contributed by atoms with van der Waals surface area (Å²) in [7, 11) is 0. The molecule has 1 aromatic rings. The Kier molecular flexibility index (Phi) is 12.9. The molecule has 0 saturated heterocycles. The molecule has 1 aromatic heterocycles. The van der Waals surface area contributed by atoms with Gasteiger partial charge < -0.3 is 48.3 Å². The van der Waals surface area contributed by atoms with Crippen molar-refractivity contribution >= 4 is 29.7 Å². The van der Waals surface area contributed by atoms with Crippen LogP contribution in [0.25, 0.3) is 0 Å². The fourth-order valence-electron chi connectivity index (χ4n) is 3.18. The van der Waals surface area contributed by atoms with Crippen LogP contribution in [0.5, 0.6) is 0 Å². The second-order valence-electron chi connectivity index (χ2n) is 8.35. The molecule has 5 unspecified atom stereocenters. The molecular formula is C21H37N9O6. The first-order valence-corrected chi connectivity index (χ1v) is 11.5. The number of carboxylic acid groups (broad SMARTS) is 1. The number of nitrogens with two attached hydrogens (primary N) is 3. The highest BCUT2D eigenvalue weighted by molar-refractivity contribution is 5.94. The highest BCUT2D eigenvalue weighted by Crippen LogP contribution is 2.10. The Balaban J connectivity index is 2.81. The summed E-state index contributed by atoms with van der Waals surface area (Å²) in [4.78, 5) is 60.2. The summed E-state index contributed by atoms with van der Waals surface area (Å²) in [6.07, 6.45) is 3.90. The number of aliphatic hydroxyl groups is 1. The van der Waals surface area contributed by atoms with Crippen LogP contribution in [0.1, 0.15) is 38.8 Å². The molecule has 0 aliphatic heterocycles. The Hall–Kier alpha value is -3.72. The smallest absolute Gasteiger partial charge is 0.326 e. The number of carbonyl (C=O) groups excluding carboxylic acids is 3. The van der Waals surface area contributed by atoms with Gasteiger partial charge in [0.05, 0.1) is 19.0 Å². The number of nitrogens with zero attached hydrogens (tertiary/aromatic N) is 2. The van der Waals surface area contributed by atoms with Gasteiger partial charge in [-0.05, 0) is 18.8 Å². The summed E-state index contributed by atoms with van der Waals surface area (Å²) < 4.78 is 0. The topological polar surface area (TPSA) is 264 Å². The van der Waals surface area contributed by atoms with E-state index in [9.17, 15) is 29.4 Å². The third kappa shape index (κ3) is 10.3. The van der Waals surface area contributed by atoms with Crippen molar-refractivity contribution in [3.63, 3.8) is 0 Å². The van der Waals surface area contributed by atoms with Crippen LogP contribution in [0.15, 0.2) is 17.5 Å². The minimum absolute atomic E-state index is 0.0581. The summed E-state index contributed by atoms with van der Waals surface area (Å²) in [5.74, 6) is -3.99. The van der Waals surface area contributed by atoms with Crippen molar-refractivity contribution < 1.29 is 29.4 Å². The van der Waals surface area contributed by atoms with Gasteiger partial charge in [-0.1, -0.05) is 20.3 Å². The second kappa shape index (κ2) is 15.3. The number of aliphatic imine (C=N–C) groups is 1. The first kappa shape index (κ1) is 30.3. The maximum absolute atomic E-state index is 12.9. The zero-order valence-corrected chi connectivity index (χ0v) is 20.4. The van der Waals surface area contributed by atoms with Crippen molar-refractivity contribution in [2.75, 3.05) is 13.2 Å². The number of aliphatic carboxylic acids is 1. The van der Waals surface area contributed by atoms with Gasteiger partial charge >= 0.3 is 5.97 Å². The third-order valence-electron chi connectivity index (χ3n) is 5.50. The number of aromatic nitrogens is 2. The number of rotatable bonds is 16. The molecule has 15 heteroatoms. The molecule has 1 heterocycles. The van der Waals surface area contributed by atoms with Gasteiger partial charge in [0.25, 0.3) is 0 Å². The third-order valence-corrected chi connectivity index (χ3v) is 5.50. The van der Waals surface area contributed by atoms with E-state index in [0.29, 0.717) is 18.5 Å².